The average Bonchev–Trinajstić information content (AvgIpc) is 3.15. The molecule has 1 aromatic carbocycles. The van der Waals surface area contributed by atoms with Gasteiger partial charge in [0, 0.05) is 37.4 Å². The number of nitrogens with one attached hydrogen (secondary N) is 2. The Morgan fingerprint density at radius 1 is 1.24 bits per heavy atom. The fourth-order valence-corrected chi connectivity index (χ4v) is 3.36. The van der Waals surface area contributed by atoms with Crippen LogP contribution in [0, 0.1) is 11.6 Å². The average molecular weight is 403 g/mol. The highest BCUT2D eigenvalue weighted by Gasteiger charge is 2.27. The third-order valence-electron chi connectivity index (χ3n) is 4.67. The highest BCUT2D eigenvalue weighted by molar-refractivity contribution is 5.80. The second-order valence-electron chi connectivity index (χ2n) is 6.74. The van der Waals surface area contributed by atoms with Gasteiger partial charge >= 0.3 is 0 Å². The lowest BCUT2D eigenvalue weighted by Gasteiger charge is -2.21. The molecule has 8 heteroatoms. The van der Waals surface area contributed by atoms with E-state index in [2.05, 4.69) is 20.6 Å². The summed E-state index contributed by atoms with van der Waals surface area (Å²) in [5.74, 6) is 0.161. The summed E-state index contributed by atoms with van der Waals surface area (Å²) in [4.78, 5) is 10.6. The molecule has 1 aromatic heterocycles. The molecule has 1 fully saturated rings. The zero-order valence-electron chi connectivity index (χ0n) is 16.8. The van der Waals surface area contributed by atoms with E-state index in [0.717, 1.165) is 12.0 Å². The zero-order valence-corrected chi connectivity index (χ0v) is 16.8. The molecule has 0 saturated carbocycles. The molecule has 6 nitrogen and oxygen atoms in total. The van der Waals surface area contributed by atoms with Crippen molar-refractivity contribution in [3.05, 3.63) is 53.7 Å². The molecule has 2 heterocycles. The van der Waals surface area contributed by atoms with Gasteiger partial charge in [0.05, 0.1) is 13.2 Å². The quantitative estimate of drug-likeness (QED) is 0.550. The summed E-state index contributed by atoms with van der Waals surface area (Å²) >= 11 is 0. The maximum atomic E-state index is 14.1. The monoisotopic (exact) mass is 403 g/mol. The molecule has 1 atom stereocenters. The maximum absolute atomic E-state index is 14.1. The molecule has 0 radical (unpaired) electrons. The molecule has 0 bridgehead atoms. The normalized spacial score (nSPS) is 16.8. The second kappa shape index (κ2) is 10.0. The van der Waals surface area contributed by atoms with Gasteiger partial charge in [-0.3, -0.25) is 0 Å². The Balaban J connectivity index is 1.66. The van der Waals surface area contributed by atoms with Crippen LogP contribution in [-0.4, -0.2) is 43.2 Å². The molecule has 0 aliphatic carbocycles. The predicted molar refractivity (Wildman–Crippen MR) is 110 cm³/mol. The first-order valence-electron chi connectivity index (χ1n) is 9.92. The first kappa shape index (κ1) is 20.8. The van der Waals surface area contributed by atoms with Crippen LogP contribution in [0.3, 0.4) is 0 Å². The number of guanidine groups is 1. The number of halogens is 2. The molecular formula is C21H27F2N5O. The van der Waals surface area contributed by atoms with Crippen LogP contribution in [0.15, 0.2) is 41.5 Å². The molecule has 0 amide bonds. The lowest BCUT2D eigenvalue weighted by molar-refractivity contribution is 0.323. The number of nitrogens with zero attached hydrogens (tertiary/aromatic N) is 3. The highest BCUT2D eigenvalue weighted by Crippen LogP contribution is 2.26. The van der Waals surface area contributed by atoms with E-state index < -0.39 is 11.6 Å². The SMILES string of the molecule is CCNC(=NCc1cccnc1OCC)NC1CCN(c2c(F)cccc2F)C1. The number of aliphatic imine (C=N–C) groups is 1. The fraction of sp³-hybridized carbons (Fsp3) is 0.429. The topological polar surface area (TPSA) is 61.8 Å². The van der Waals surface area contributed by atoms with E-state index >= 15 is 0 Å². The number of benzene rings is 1. The summed E-state index contributed by atoms with van der Waals surface area (Å²) in [6.45, 7) is 6.63. The minimum atomic E-state index is -0.536. The van der Waals surface area contributed by atoms with Crippen LogP contribution in [0.25, 0.3) is 0 Å². The molecule has 29 heavy (non-hydrogen) atoms. The number of aromatic nitrogens is 1. The molecular weight excluding hydrogens is 376 g/mol. The number of pyridine rings is 1. The first-order chi connectivity index (χ1) is 14.1. The van der Waals surface area contributed by atoms with Gasteiger partial charge in [-0.25, -0.2) is 18.8 Å². The highest BCUT2D eigenvalue weighted by atomic mass is 19.1. The minimum absolute atomic E-state index is 0.0343. The number of hydrogen-bond acceptors (Lipinski definition) is 4. The smallest absolute Gasteiger partial charge is 0.218 e. The van der Waals surface area contributed by atoms with Crippen LogP contribution < -0.4 is 20.3 Å². The molecule has 3 rings (SSSR count). The van der Waals surface area contributed by atoms with Crippen molar-refractivity contribution < 1.29 is 13.5 Å². The number of anilines is 1. The lowest BCUT2D eigenvalue weighted by atomic mass is 10.2. The van der Waals surface area contributed by atoms with Crippen LogP contribution in [0.4, 0.5) is 14.5 Å². The van der Waals surface area contributed by atoms with E-state index in [1.54, 1.807) is 11.1 Å². The van der Waals surface area contributed by atoms with Crippen molar-refractivity contribution in [3.63, 3.8) is 0 Å². The van der Waals surface area contributed by atoms with Crippen LogP contribution in [0.2, 0.25) is 0 Å². The van der Waals surface area contributed by atoms with Gasteiger partial charge in [0.2, 0.25) is 5.88 Å². The van der Waals surface area contributed by atoms with Crippen molar-refractivity contribution in [3.8, 4) is 5.88 Å². The van der Waals surface area contributed by atoms with E-state index in [4.69, 9.17) is 4.74 Å². The Hall–Kier alpha value is -2.90. The van der Waals surface area contributed by atoms with Crippen molar-refractivity contribution in [1.29, 1.82) is 0 Å². The summed E-state index contributed by atoms with van der Waals surface area (Å²) in [6, 6.07) is 7.77. The molecule has 0 spiro atoms. The van der Waals surface area contributed by atoms with Crippen molar-refractivity contribution >= 4 is 11.6 Å². The van der Waals surface area contributed by atoms with E-state index in [1.165, 1.54) is 18.2 Å². The summed E-state index contributed by atoms with van der Waals surface area (Å²) in [5.41, 5.74) is 0.934. The Morgan fingerprint density at radius 2 is 2.03 bits per heavy atom. The second-order valence-corrected chi connectivity index (χ2v) is 6.74. The van der Waals surface area contributed by atoms with Gasteiger partial charge in [-0.05, 0) is 38.5 Å². The Bertz CT molecular complexity index is 825. The van der Waals surface area contributed by atoms with Gasteiger partial charge in [0.1, 0.15) is 17.3 Å². The van der Waals surface area contributed by atoms with E-state index in [9.17, 15) is 8.78 Å². The van der Waals surface area contributed by atoms with Crippen molar-refractivity contribution in [2.45, 2.75) is 32.9 Å². The number of hydrogen-bond donors (Lipinski definition) is 2. The Morgan fingerprint density at radius 3 is 2.76 bits per heavy atom. The minimum Gasteiger partial charge on any atom is -0.478 e. The van der Waals surface area contributed by atoms with Gasteiger partial charge in [0.25, 0.3) is 0 Å². The maximum Gasteiger partial charge on any atom is 0.218 e. The van der Waals surface area contributed by atoms with Gasteiger partial charge in [-0.1, -0.05) is 12.1 Å². The van der Waals surface area contributed by atoms with Crippen LogP contribution in [-0.2, 0) is 6.54 Å². The number of rotatable bonds is 7. The lowest BCUT2D eigenvalue weighted by Crippen LogP contribution is -2.44. The molecule has 1 saturated heterocycles. The van der Waals surface area contributed by atoms with Crippen LogP contribution in [0.1, 0.15) is 25.8 Å². The third-order valence-corrected chi connectivity index (χ3v) is 4.67. The van der Waals surface area contributed by atoms with Gasteiger partial charge in [-0.2, -0.15) is 0 Å². The molecule has 2 N–H and O–H groups in total. The van der Waals surface area contributed by atoms with Gasteiger partial charge in [-0.15, -0.1) is 0 Å². The first-order valence-corrected chi connectivity index (χ1v) is 9.92. The molecule has 2 aromatic rings. The van der Waals surface area contributed by atoms with Crippen molar-refractivity contribution in [2.24, 2.45) is 4.99 Å². The third kappa shape index (κ3) is 5.34. The van der Waals surface area contributed by atoms with E-state index in [0.29, 0.717) is 44.6 Å². The predicted octanol–water partition coefficient (Wildman–Crippen LogP) is 3.09. The van der Waals surface area contributed by atoms with Crippen molar-refractivity contribution in [1.82, 2.24) is 15.6 Å². The van der Waals surface area contributed by atoms with Gasteiger partial charge < -0.3 is 20.3 Å². The Kier molecular flexibility index (Phi) is 7.21. The Labute approximate surface area is 170 Å². The summed E-state index contributed by atoms with van der Waals surface area (Å²) < 4.78 is 33.7. The number of para-hydroxylation sites is 1. The van der Waals surface area contributed by atoms with Crippen molar-refractivity contribution in [2.75, 3.05) is 31.1 Å². The van der Waals surface area contributed by atoms with Gasteiger partial charge in [0.15, 0.2) is 5.96 Å². The summed E-state index contributed by atoms with van der Waals surface area (Å²) in [6.07, 6.45) is 2.45. The fourth-order valence-electron chi connectivity index (χ4n) is 3.36. The van der Waals surface area contributed by atoms with Crippen LogP contribution >= 0.6 is 0 Å². The zero-order chi connectivity index (χ0) is 20.6. The summed E-state index contributed by atoms with van der Waals surface area (Å²) in [5, 5.41) is 6.59. The van der Waals surface area contributed by atoms with Crippen LogP contribution in [0.5, 0.6) is 5.88 Å². The van der Waals surface area contributed by atoms with E-state index in [1.807, 2.05) is 26.0 Å². The molecule has 156 valence electrons. The summed E-state index contributed by atoms with van der Waals surface area (Å²) in [7, 11) is 0. The standard InChI is InChI=1S/C21H27F2N5O/c1-3-24-21(26-13-15-7-6-11-25-20(15)29-4-2)27-16-10-12-28(14-16)19-17(22)8-5-9-18(19)23/h5-9,11,16H,3-4,10,12-14H2,1-2H3,(H2,24,26,27). The molecule has 1 aliphatic heterocycles. The van der Waals surface area contributed by atoms with E-state index in [-0.39, 0.29) is 11.7 Å². The largest absolute Gasteiger partial charge is 0.478 e. The molecule has 1 unspecified atom stereocenters. The molecule has 1 aliphatic rings. The number of ether oxygens (including phenoxy) is 1.